The normalized spacial score (nSPS) is 31.5. The highest BCUT2D eigenvalue weighted by atomic mass is 16.7. The van der Waals surface area contributed by atoms with E-state index >= 15 is 0 Å². The van der Waals surface area contributed by atoms with Gasteiger partial charge in [-0.15, -0.1) is 0 Å². The first kappa shape index (κ1) is 10.6. The van der Waals surface area contributed by atoms with E-state index in [-0.39, 0.29) is 13.2 Å². The molecule has 1 heterocycles. The molecule has 15 heavy (non-hydrogen) atoms. The minimum atomic E-state index is -0.755. The zero-order valence-corrected chi connectivity index (χ0v) is 8.24. The Morgan fingerprint density at radius 1 is 1.27 bits per heavy atom. The van der Waals surface area contributed by atoms with Crippen LogP contribution in [0.1, 0.15) is 11.9 Å². The molecule has 1 unspecified atom stereocenters. The first-order valence-corrected chi connectivity index (χ1v) is 4.92. The van der Waals surface area contributed by atoms with Gasteiger partial charge in [-0.25, -0.2) is 0 Å². The second-order valence-corrected chi connectivity index (χ2v) is 3.50. The quantitative estimate of drug-likeness (QED) is 0.744. The number of aliphatic hydroxyl groups excluding tert-OH is 2. The number of hydrogen-bond donors (Lipinski definition) is 2. The second-order valence-electron chi connectivity index (χ2n) is 3.50. The molecule has 0 amide bonds. The molecule has 1 aromatic carbocycles. The first-order chi connectivity index (χ1) is 7.31. The highest BCUT2D eigenvalue weighted by Crippen LogP contribution is 2.25. The fourth-order valence-electron chi connectivity index (χ4n) is 1.53. The van der Waals surface area contributed by atoms with E-state index in [4.69, 9.17) is 14.6 Å². The van der Waals surface area contributed by atoms with Crippen LogP contribution in [0, 0.1) is 0 Å². The molecule has 4 heteroatoms. The molecule has 1 aliphatic heterocycles. The Morgan fingerprint density at radius 2 is 2.00 bits per heavy atom. The number of benzene rings is 1. The molecule has 1 aliphatic rings. The summed E-state index contributed by atoms with van der Waals surface area (Å²) < 4.78 is 10.7. The maximum atomic E-state index is 9.42. The van der Waals surface area contributed by atoms with Gasteiger partial charge in [-0.1, -0.05) is 30.3 Å². The zero-order valence-electron chi connectivity index (χ0n) is 8.24. The smallest absolute Gasteiger partial charge is 0.184 e. The third kappa shape index (κ3) is 2.35. The lowest BCUT2D eigenvalue weighted by molar-refractivity contribution is -0.263. The summed E-state index contributed by atoms with van der Waals surface area (Å²) >= 11 is 0. The Labute approximate surface area is 88.1 Å². The Kier molecular flexibility index (Phi) is 3.33. The number of rotatable bonds is 2. The van der Waals surface area contributed by atoms with E-state index in [1.54, 1.807) is 0 Å². The summed E-state index contributed by atoms with van der Waals surface area (Å²) in [5.41, 5.74) is 0.892. The molecular formula is C11H14O4. The summed E-state index contributed by atoms with van der Waals surface area (Å²) in [6, 6.07) is 9.46. The highest BCUT2D eigenvalue weighted by Gasteiger charge is 2.30. The van der Waals surface area contributed by atoms with Crippen LogP contribution < -0.4 is 0 Å². The fourth-order valence-corrected chi connectivity index (χ4v) is 1.53. The van der Waals surface area contributed by atoms with Crippen molar-refractivity contribution in [3.8, 4) is 0 Å². The topological polar surface area (TPSA) is 58.9 Å². The Morgan fingerprint density at radius 3 is 2.67 bits per heavy atom. The minimum absolute atomic E-state index is 0.185. The van der Waals surface area contributed by atoms with Crippen LogP contribution in [0.25, 0.3) is 0 Å². The molecule has 2 rings (SSSR count). The number of ether oxygens (including phenoxy) is 2. The van der Waals surface area contributed by atoms with Gasteiger partial charge in [-0.05, 0) is 0 Å². The molecule has 1 saturated heterocycles. The van der Waals surface area contributed by atoms with Crippen LogP contribution in [0.4, 0.5) is 0 Å². The van der Waals surface area contributed by atoms with Gasteiger partial charge in [0.2, 0.25) is 0 Å². The van der Waals surface area contributed by atoms with Gasteiger partial charge in [0.15, 0.2) is 6.29 Å². The summed E-state index contributed by atoms with van der Waals surface area (Å²) in [7, 11) is 0. The summed E-state index contributed by atoms with van der Waals surface area (Å²) in [4.78, 5) is 0. The molecular weight excluding hydrogens is 196 g/mol. The van der Waals surface area contributed by atoms with Crippen LogP contribution in [0.15, 0.2) is 30.3 Å². The largest absolute Gasteiger partial charge is 0.394 e. The van der Waals surface area contributed by atoms with Gasteiger partial charge in [0.05, 0.1) is 13.2 Å². The first-order valence-electron chi connectivity index (χ1n) is 4.92. The highest BCUT2D eigenvalue weighted by molar-refractivity contribution is 5.16. The van der Waals surface area contributed by atoms with Crippen molar-refractivity contribution in [1.29, 1.82) is 0 Å². The van der Waals surface area contributed by atoms with Crippen LogP contribution in [0.2, 0.25) is 0 Å². The van der Waals surface area contributed by atoms with E-state index in [0.717, 1.165) is 5.56 Å². The average molecular weight is 210 g/mol. The van der Waals surface area contributed by atoms with Crippen molar-refractivity contribution in [1.82, 2.24) is 0 Å². The maximum Gasteiger partial charge on any atom is 0.184 e. The predicted molar refractivity (Wildman–Crippen MR) is 53.1 cm³/mol. The van der Waals surface area contributed by atoms with E-state index in [2.05, 4.69) is 0 Å². The third-order valence-electron chi connectivity index (χ3n) is 2.40. The van der Waals surface area contributed by atoms with Crippen molar-refractivity contribution in [3.05, 3.63) is 35.9 Å². The molecule has 1 aromatic rings. The summed E-state index contributed by atoms with van der Waals surface area (Å²) in [5, 5.41) is 18.4. The second kappa shape index (κ2) is 4.72. The summed E-state index contributed by atoms with van der Waals surface area (Å²) in [5.74, 6) is 0. The average Bonchev–Trinajstić information content (AvgIpc) is 2.31. The fraction of sp³-hybridized carbons (Fsp3) is 0.455. The van der Waals surface area contributed by atoms with E-state index in [9.17, 15) is 5.11 Å². The van der Waals surface area contributed by atoms with E-state index in [1.165, 1.54) is 0 Å². The van der Waals surface area contributed by atoms with Crippen molar-refractivity contribution < 1.29 is 19.7 Å². The lowest BCUT2D eigenvalue weighted by atomic mass is 10.1. The monoisotopic (exact) mass is 210 g/mol. The van der Waals surface area contributed by atoms with Gasteiger partial charge in [0.1, 0.15) is 12.2 Å². The van der Waals surface area contributed by atoms with Crippen LogP contribution in [-0.2, 0) is 9.47 Å². The van der Waals surface area contributed by atoms with Crippen LogP contribution >= 0.6 is 0 Å². The van der Waals surface area contributed by atoms with Crippen molar-refractivity contribution in [2.24, 2.45) is 0 Å². The van der Waals surface area contributed by atoms with E-state index < -0.39 is 18.5 Å². The van der Waals surface area contributed by atoms with E-state index in [1.807, 2.05) is 30.3 Å². The lowest BCUT2D eigenvalue weighted by Gasteiger charge is -2.33. The molecule has 3 atom stereocenters. The molecule has 0 bridgehead atoms. The summed E-state index contributed by atoms with van der Waals surface area (Å²) in [6.07, 6.45) is -1.81. The molecule has 0 saturated carbocycles. The molecule has 0 aliphatic carbocycles. The van der Waals surface area contributed by atoms with Gasteiger partial charge in [0, 0.05) is 5.56 Å². The van der Waals surface area contributed by atoms with Gasteiger partial charge in [-0.3, -0.25) is 0 Å². The lowest BCUT2D eigenvalue weighted by Crippen LogP contribution is -2.42. The third-order valence-corrected chi connectivity index (χ3v) is 2.40. The van der Waals surface area contributed by atoms with Gasteiger partial charge >= 0.3 is 0 Å². The van der Waals surface area contributed by atoms with Crippen molar-refractivity contribution in [3.63, 3.8) is 0 Å². The molecule has 1 fully saturated rings. The zero-order chi connectivity index (χ0) is 10.7. The SMILES string of the molecule is OCC1O[C@H](c2ccccc2)OC[C@@H]1O. The van der Waals surface area contributed by atoms with Crippen molar-refractivity contribution >= 4 is 0 Å². The molecule has 82 valence electrons. The molecule has 0 aromatic heterocycles. The Balaban J connectivity index is 2.06. The molecule has 0 spiro atoms. The van der Waals surface area contributed by atoms with Crippen molar-refractivity contribution in [2.45, 2.75) is 18.5 Å². The van der Waals surface area contributed by atoms with Gasteiger partial charge in [-0.2, -0.15) is 0 Å². The molecule has 0 radical (unpaired) electrons. The van der Waals surface area contributed by atoms with Gasteiger partial charge < -0.3 is 19.7 Å². The molecule has 4 nitrogen and oxygen atoms in total. The number of hydrogen-bond acceptors (Lipinski definition) is 4. The predicted octanol–water partition coefficient (Wildman–Crippen LogP) is 0.454. The maximum absolute atomic E-state index is 9.42. The van der Waals surface area contributed by atoms with E-state index in [0.29, 0.717) is 0 Å². The van der Waals surface area contributed by atoms with Crippen LogP contribution in [-0.4, -0.2) is 35.6 Å². The summed E-state index contributed by atoms with van der Waals surface area (Å²) in [6.45, 7) is -0.0152. The van der Waals surface area contributed by atoms with Crippen LogP contribution in [0.5, 0.6) is 0 Å². The Hall–Kier alpha value is -0.940. The standard InChI is InChI=1S/C11H14O4/c12-6-10-9(13)7-14-11(15-10)8-4-2-1-3-5-8/h1-5,9-13H,6-7H2/t9-,10?,11+/m0/s1. The molecule has 2 N–H and O–H groups in total. The van der Waals surface area contributed by atoms with Crippen molar-refractivity contribution in [2.75, 3.05) is 13.2 Å². The number of aliphatic hydroxyl groups is 2. The minimum Gasteiger partial charge on any atom is -0.394 e. The van der Waals surface area contributed by atoms with Crippen LogP contribution in [0.3, 0.4) is 0 Å². The Bertz CT molecular complexity index is 301. The van der Waals surface area contributed by atoms with Gasteiger partial charge in [0.25, 0.3) is 0 Å².